The van der Waals surface area contributed by atoms with E-state index in [1.807, 2.05) is 42.6 Å². The largest absolute Gasteiger partial charge is 0.323 e. The van der Waals surface area contributed by atoms with Gasteiger partial charge in [-0.25, -0.2) is 4.98 Å². The summed E-state index contributed by atoms with van der Waals surface area (Å²) in [6, 6.07) is 29.3. The topological polar surface area (TPSA) is 85.2 Å². The van der Waals surface area contributed by atoms with Gasteiger partial charge in [-0.1, -0.05) is 92.2 Å². The molecule has 0 saturated carbocycles. The number of fused-ring (bicyclic) bond motifs is 1. The zero-order valence-electron chi connectivity index (χ0n) is 20.7. The van der Waals surface area contributed by atoms with Crippen LogP contribution < -0.4 is 0 Å². The highest BCUT2D eigenvalue weighted by Crippen LogP contribution is 2.30. The fourth-order valence-electron chi connectivity index (χ4n) is 4.73. The number of nitrogens with one attached hydrogen (secondary N) is 1. The van der Waals surface area contributed by atoms with E-state index in [-0.39, 0.29) is 0 Å². The molecular weight excluding hydrogens is 458 g/mol. The molecule has 0 radical (unpaired) electrons. The predicted molar refractivity (Wildman–Crippen MR) is 146 cm³/mol. The van der Waals surface area contributed by atoms with Crippen LogP contribution in [-0.2, 0) is 13.0 Å². The van der Waals surface area contributed by atoms with Crippen molar-refractivity contribution >= 4 is 11.0 Å². The molecule has 1 N–H and O–H groups in total. The lowest BCUT2D eigenvalue weighted by Gasteiger charge is -2.12. The lowest BCUT2D eigenvalue weighted by molar-refractivity contribution is 0.690. The Bertz CT molecular complexity index is 1620. The van der Waals surface area contributed by atoms with E-state index in [4.69, 9.17) is 9.97 Å². The summed E-state index contributed by atoms with van der Waals surface area (Å²) in [5, 5.41) is 14.6. The van der Waals surface area contributed by atoms with Crippen molar-refractivity contribution in [2.75, 3.05) is 0 Å². The summed E-state index contributed by atoms with van der Waals surface area (Å²) in [7, 11) is 0. The van der Waals surface area contributed by atoms with E-state index >= 15 is 0 Å². The maximum Gasteiger partial charge on any atom is 0.205 e. The number of nitrogens with zero attached hydrogens (tertiary/aromatic N) is 6. The molecule has 0 aliphatic carbocycles. The number of aromatic amines is 1. The summed E-state index contributed by atoms with van der Waals surface area (Å²) in [5.41, 5.74) is 8.49. The van der Waals surface area contributed by atoms with E-state index in [0.29, 0.717) is 5.82 Å². The molecule has 0 saturated heterocycles. The summed E-state index contributed by atoms with van der Waals surface area (Å²) in [4.78, 5) is 9.66. The summed E-state index contributed by atoms with van der Waals surface area (Å²) in [6.45, 7) is 2.97. The molecule has 0 amide bonds. The summed E-state index contributed by atoms with van der Waals surface area (Å²) in [6.07, 6.45) is 5.09. The molecule has 0 fully saturated rings. The van der Waals surface area contributed by atoms with Crippen LogP contribution in [0, 0.1) is 0 Å². The van der Waals surface area contributed by atoms with Crippen LogP contribution in [0.2, 0.25) is 0 Å². The predicted octanol–water partition coefficient (Wildman–Crippen LogP) is 6.34. The molecule has 0 unspecified atom stereocenters. The molecule has 3 heterocycles. The van der Waals surface area contributed by atoms with E-state index in [1.165, 1.54) is 5.56 Å². The molecule has 6 aromatic rings. The molecule has 3 aromatic heterocycles. The van der Waals surface area contributed by atoms with Crippen molar-refractivity contribution in [3.05, 3.63) is 103 Å². The third-order valence-electron chi connectivity index (χ3n) is 6.66. The van der Waals surface area contributed by atoms with Crippen molar-refractivity contribution in [1.29, 1.82) is 0 Å². The van der Waals surface area contributed by atoms with Gasteiger partial charge in [-0.3, -0.25) is 4.98 Å². The van der Waals surface area contributed by atoms with Gasteiger partial charge in [0.05, 0.1) is 17.4 Å². The first-order valence-corrected chi connectivity index (χ1v) is 12.6. The van der Waals surface area contributed by atoms with Gasteiger partial charge >= 0.3 is 0 Å². The van der Waals surface area contributed by atoms with Gasteiger partial charge < -0.3 is 4.57 Å². The van der Waals surface area contributed by atoms with Gasteiger partial charge in [-0.05, 0) is 34.4 Å². The van der Waals surface area contributed by atoms with Crippen molar-refractivity contribution in [3.63, 3.8) is 0 Å². The van der Waals surface area contributed by atoms with Gasteiger partial charge in [-0.2, -0.15) is 5.21 Å². The Morgan fingerprint density at radius 2 is 1.62 bits per heavy atom. The first-order chi connectivity index (χ1) is 18.3. The molecule has 0 aliphatic heterocycles. The lowest BCUT2D eigenvalue weighted by atomic mass is 9.98. The quantitative estimate of drug-likeness (QED) is 0.272. The number of rotatable bonds is 8. The Labute approximate surface area is 215 Å². The first-order valence-electron chi connectivity index (χ1n) is 12.6. The van der Waals surface area contributed by atoms with Crippen LogP contribution in [0.5, 0.6) is 0 Å². The number of hydrogen-bond donors (Lipinski definition) is 1. The standard InChI is InChI=1S/C30H27N7/c1-2-3-13-29-32-27-19-31-26(23-9-5-4-6-10-23)18-28(27)37(29)20-21-14-16-22(17-15-21)24-11-7-8-12-25(24)30-33-35-36-34-30/h4-12,14-19H,2-3,13,20H2,1H3,(H,33,34,35,36). The fraction of sp³-hybridized carbons (Fsp3) is 0.167. The molecule has 182 valence electrons. The second-order valence-corrected chi connectivity index (χ2v) is 9.12. The molecule has 7 heteroatoms. The Morgan fingerprint density at radius 1 is 0.838 bits per heavy atom. The number of aryl methyl sites for hydroxylation is 1. The number of aromatic nitrogens is 7. The molecule has 3 aromatic carbocycles. The van der Waals surface area contributed by atoms with Crippen LogP contribution in [0.15, 0.2) is 91.1 Å². The van der Waals surface area contributed by atoms with Crippen LogP contribution in [0.1, 0.15) is 31.2 Å². The number of H-pyrrole nitrogens is 1. The van der Waals surface area contributed by atoms with Crippen LogP contribution in [-0.4, -0.2) is 35.2 Å². The maximum absolute atomic E-state index is 4.96. The number of unbranched alkanes of at least 4 members (excludes halogenated alkanes) is 1. The molecule has 6 rings (SSSR count). The van der Waals surface area contributed by atoms with Crippen LogP contribution >= 0.6 is 0 Å². The van der Waals surface area contributed by atoms with Gasteiger partial charge in [0.25, 0.3) is 0 Å². The van der Waals surface area contributed by atoms with Gasteiger partial charge in [-0.15, -0.1) is 10.2 Å². The Morgan fingerprint density at radius 3 is 2.38 bits per heavy atom. The average Bonchev–Trinajstić information content (AvgIpc) is 3.61. The summed E-state index contributed by atoms with van der Waals surface area (Å²) in [5.74, 6) is 1.70. The Hall–Kier alpha value is -4.65. The first kappa shape index (κ1) is 22.8. The van der Waals surface area contributed by atoms with Crippen molar-refractivity contribution < 1.29 is 0 Å². The third-order valence-corrected chi connectivity index (χ3v) is 6.66. The highest BCUT2D eigenvalue weighted by Gasteiger charge is 2.14. The minimum atomic E-state index is 0.591. The molecule has 0 atom stereocenters. The van der Waals surface area contributed by atoms with Crippen LogP contribution in [0.3, 0.4) is 0 Å². The highest BCUT2D eigenvalue weighted by atomic mass is 15.5. The smallest absolute Gasteiger partial charge is 0.205 e. The Balaban J connectivity index is 1.35. The second-order valence-electron chi connectivity index (χ2n) is 9.12. The van der Waals surface area contributed by atoms with Gasteiger partial charge in [0, 0.05) is 24.1 Å². The van der Waals surface area contributed by atoms with E-state index in [9.17, 15) is 0 Å². The van der Waals surface area contributed by atoms with Gasteiger partial charge in [0.2, 0.25) is 5.82 Å². The number of imidazole rings is 1. The molecule has 0 bridgehead atoms. The van der Waals surface area contributed by atoms with E-state index in [1.54, 1.807) is 0 Å². The SMILES string of the molecule is CCCCc1nc2cnc(-c3ccccc3)cc2n1Cc1ccc(-c2ccccc2-c2nn[nH]n2)cc1. The monoisotopic (exact) mass is 485 g/mol. The molecule has 37 heavy (non-hydrogen) atoms. The maximum atomic E-state index is 4.96. The number of pyridine rings is 1. The highest BCUT2D eigenvalue weighted by molar-refractivity contribution is 5.81. The molecular formula is C30H27N7. The zero-order chi connectivity index (χ0) is 25.0. The number of hydrogen-bond acceptors (Lipinski definition) is 5. The third kappa shape index (κ3) is 4.63. The van der Waals surface area contributed by atoms with Crippen molar-refractivity contribution in [1.82, 2.24) is 35.2 Å². The van der Waals surface area contributed by atoms with Crippen molar-refractivity contribution in [2.45, 2.75) is 32.7 Å². The molecule has 7 nitrogen and oxygen atoms in total. The lowest BCUT2D eigenvalue weighted by Crippen LogP contribution is -2.05. The van der Waals surface area contributed by atoms with Crippen molar-refractivity contribution in [3.8, 4) is 33.8 Å². The van der Waals surface area contributed by atoms with Gasteiger partial charge in [0.1, 0.15) is 11.3 Å². The summed E-state index contributed by atoms with van der Waals surface area (Å²) < 4.78 is 2.35. The van der Waals surface area contributed by atoms with Crippen LogP contribution in [0.4, 0.5) is 0 Å². The van der Waals surface area contributed by atoms with Gasteiger partial charge in [0.15, 0.2) is 0 Å². The molecule has 0 spiro atoms. The zero-order valence-corrected chi connectivity index (χ0v) is 20.7. The Kier molecular flexibility index (Phi) is 6.25. The summed E-state index contributed by atoms with van der Waals surface area (Å²) >= 11 is 0. The van der Waals surface area contributed by atoms with Crippen LogP contribution in [0.25, 0.3) is 44.8 Å². The number of tetrazole rings is 1. The second kappa shape index (κ2) is 10.1. The van der Waals surface area contributed by atoms with Crippen molar-refractivity contribution in [2.24, 2.45) is 0 Å². The van der Waals surface area contributed by atoms with E-state index in [0.717, 1.165) is 70.6 Å². The van der Waals surface area contributed by atoms with E-state index in [2.05, 4.69) is 80.6 Å². The van der Waals surface area contributed by atoms with E-state index < -0.39 is 0 Å². The average molecular weight is 486 g/mol. The fourth-order valence-corrected chi connectivity index (χ4v) is 4.73. The molecule has 0 aliphatic rings. The minimum Gasteiger partial charge on any atom is -0.323 e. The normalized spacial score (nSPS) is 11.3. The number of benzene rings is 3. The minimum absolute atomic E-state index is 0.591.